The molecule has 0 aromatic carbocycles. The van der Waals surface area contributed by atoms with Crippen molar-refractivity contribution >= 4 is 0 Å². The van der Waals surface area contributed by atoms with Crippen LogP contribution in [0.5, 0.6) is 0 Å². The second kappa shape index (κ2) is 4.72. The van der Waals surface area contributed by atoms with E-state index in [1.54, 1.807) is 0 Å². The molecule has 0 atom stereocenters. The third kappa shape index (κ3) is 3.02. The Bertz CT molecular complexity index is 345. The predicted octanol–water partition coefficient (Wildman–Crippen LogP) is 4.39. The Labute approximate surface area is 107 Å². The Morgan fingerprint density at radius 3 is 2.18 bits per heavy atom. The van der Waals surface area contributed by atoms with Crippen LogP contribution >= 0.6 is 0 Å². The third-order valence-corrected chi connectivity index (χ3v) is 3.86. The third-order valence-electron chi connectivity index (χ3n) is 3.86. The van der Waals surface area contributed by atoms with Crippen LogP contribution in [0.3, 0.4) is 0 Å². The van der Waals surface area contributed by atoms with Gasteiger partial charge in [0.05, 0.1) is 0 Å². The fourth-order valence-corrected chi connectivity index (χ4v) is 3.17. The number of nitrogens with zero attached hydrogens (tertiary/aromatic N) is 1. The molecule has 0 radical (unpaired) electrons. The van der Waals surface area contributed by atoms with Gasteiger partial charge in [0.15, 0.2) is 0 Å². The van der Waals surface area contributed by atoms with Gasteiger partial charge < -0.3 is 4.90 Å². The summed E-state index contributed by atoms with van der Waals surface area (Å²) < 4.78 is 0. The molecular formula is C16H27N. The first-order chi connectivity index (χ1) is 7.73. The lowest BCUT2D eigenvalue weighted by atomic mass is 9.68. The van der Waals surface area contributed by atoms with Crippen molar-refractivity contribution in [1.29, 1.82) is 0 Å². The number of allylic oxidation sites excluding steroid dienone is 3. The molecule has 0 N–H and O–H groups in total. The van der Waals surface area contributed by atoms with E-state index in [-0.39, 0.29) is 5.41 Å². The highest BCUT2D eigenvalue weighted by Gasteiger charge is 2.34. The van der Waals surface area contributed by atoms with E-state index in [0.717, 1.165) is 6.54 Å². The van der Waals surface area contributed by atoms with Gasteiger partial charge in [0.25, 0.3) is 0 Å². The quantitative estimate of drug-likeness (QED) is 0.683. The van der Waals surface area contributed by atoms with E-state index < -0.39 is 0 Å². The standard InChI is InChI=1S/C16H27N/c1-8-13-14(9-2)17(7)11-10-15(3,4)12-16(13,5)6/h8-9H,1-2,10-12H2,3-7H3/b14-13-. The average molecular weight is 233 g/mol. The lowest BCUT2D eigenvalue weighted by Gasteiger charge is -2.42. The second-order valence-corrected chi connectivity index (χ2v) is 6.60. The van der Waals surface area contributed by atoms with Crippen LogP contribution in [0.1, 0.15) is 40.5 Å². The Hall–Kier alpha value is -0.980. The molecule has 0 aliphatic carbocycles. The maximum atomic E-state index is 4.00. The Morgan fingerprint density at radius 2 is 1.71 bits per heavy atom. The van der Waals surface area contributed by atoms with E-state index in [0.29, 0.717) is 5.41 Å². The summed E-state index contributed by atoms with van der Waals surface area (Å²) in [5.74, 6) is 0. The van der Waals surface area contributed by atoms with Gasteiger partial charge in [-0.15, -0.1) is 0 Å². The first-order valence-electron chi connectivity index (χ1n) is 6.44. The first-order valence-corrected chi connectivity index (χ1v) is 6.44. The smallest absolute Gasteiger partial charge is 0.0395 e. The summed E-state index contributed by atoms with van der Waals surface area (Å²) in [6.45, 7) is 18.4. The molecule has 96 valence electrons. The van der Waals surface area contributed by atoms with Gasteiger partial charge in [-0.25, -0.2) is 0 Å². The van der Waals surface area contributed by atoms with E-state index in [4.69, 9.17) is 0 Å². The molecule has 1 rings (SSSR count). The van der Waals surface area contributed by atoms with Gasteiger partial charge in [-0.3, -0.25) is 0 Å². The lowest BCUT2D eigenvalue weighted by molar-refractivity contribution is 0.179. The van der Waals surface area contributed by atoms with E-state index in [1.807, 2.05) is 12.2 Å². The molecule has 0 saturated heterocycles. The van der Waals surface area contributed by atoms with E-state index in [1.165, 1.54) is 24.1 Å². The van der Waals surface area contributed by atoms with Crippen LogP contribution < -0.4 is 0 Å². The maximum absolute atomic E-state index is 4.00. The van der Waals surface area contributed by atoms with Crippen LogP contribution in [0.4, 0.5) is 0 Å². The van der Waals surface area contributed by atoms with Crippen molar-refractivity contribution in [1.82, 2.24) is 4.90 Å². The van der Waals surface area contributed by atoms with Gasteiger partial charge in [-0.05, 0) is 35.3 Å². The molecular weight excluding hydrogens is 206 g/mol. The van der Waals surface area contributed by atoms with Gasteiger partial charge >= 0.3 is 0 Å². The monoisotopic (exact) mass is 233 g/mol. The zero-order valence-electron chi connectivity index (χ0n) is 12.1. The van der Waals surface area contributed by atoms with Crippen LogP contribution in [0, 0.1) is 10.8 Å². The molecule has 1 nitrogen and oxygen atoms in total. The van der Waals surface area contributed by atoms with Gasteiger partial charge in [-0.1, -0.05) is 46.9 Å². The molecule has 17 heavy (non-hydrogen) atoms. The average Bonchev–Trinajstić information content (AvgIpc) is 2.19. The minimum absolute atomic E-state index is 0.156. The number of rotatable bonds is 2. The highest BCUT2D eigenvalue weighted by molar-refractivity contribution is 5.35. The zero-order chi connectivity index (χ0) is 13.3. The van der Waals surface area contributed by atoms with Crippen LogP contribution in [-0.4, -0.2) is 18.5 Å². The molecule has 1 aliphatic heterocycles. The fourth-order valence-electron chi connectivity index (χ4n) is 3.17. The van der Waals surface area contributed by atoms with Crippen molar-refractivity contribution in [2.75, 3.05) is 13.6 Å². The summed E-state index contributed by atoms with van der Waals surface area (Å²) in [6, 6.07) is 0. The normalized spacial score (nSPS) is 28.2. The van der Waals surface area contributed by atoms with Gasteiger partial charge in [0.1, 0.15) is 0 Å². The SMILES string of the molecule is C=C/C1=C(\C=C)C(C)(C)CC(C)(C)CCN1C. The minimum Gasteiger partial charge on any atom is -0.374 e. The zero-order valence-corrected chi connectivity index (χ0v) is 12.1. The van der Waals surface area contributed by atoms with Crippen LogP contribution in [0.2, 0.25) is 0 Å². The molecule has 1 heteroatoms. The van der Waals surface area contributed by atoms with E-state index in [9.17, 15) is 0 Å². The summed E-state index contributed by atoms with van der Waals surface area (Å²) in [4.78, 5) is 2.31. The van der Waals surface area contributed by atoms with Crippen molar-refractivity contribution in [3.05, 3.63) is 36.6 Å². The molecule has 0 aromatic heterocycles. The molecule has 0 bridgehead atoms. The Kier molecular flexibility index (Phi) is 3.91. The minimum atomic E-state index is 0.156. The molecule has 0 aromatic rings. The van der Waals surface area contributed by atoms with Crippen LogP contribution in [-0.2, 0) is 0 Å². The summed E-state index contributed by atoms with van der Waals surface area (Å²) >= 11 is 0. The van der Waals surface area contributed by atoms with Gasteiger partial charge in [0.2, 0.25) is 0 Å². The van der Waals surface area contributed by atoms with Crippen LogP contribution in [0.15, 0.2) is 36.6 Å². The van der Waals surface area contributed by atoms with Crippen molar-refractivity contribution in [3.8, 4) is 0 Å². The van der Waals surface area contributed by atoms with Crippen molar-refractivity contribution in [2.45, 2.75) is 40.5 Å². The molecule has 0 fully saturated rings. The van der Waals surface area contributed by atoms with Crippen LogP contribution in [0.25, 0.3) is 0 Å². The van der Waals surface area contributed by atoms with Gasteiger partial charge in [0, 0.05) is 19.3 Å². The Balaban J connectivity index is 3.32. The Morgan fingerprint density at radius 1 is 1.12 bits per heavy atom. The summed E-state index contributed by atoms with van der Waals surface area (Å²) in [6.07, 6.45) is 6.38. The number of hydrogen-bond acceptors (Lipinski definition) is 1. The topological polar surface area (TPSA) is 3.24 Å². The van der Waals surface area contributed by atoms with Crippen molar-refractivity contribution in [3.63, 3.8) is 0 Å². The fraction of sp³-hybridized carbons (Fsp3) is 0.625. The summed E-state index contributed by atoms with van der Waals surface area (Å²) in [5, 5.41) is 0. The molecule has 0 saturated carbocycles. The largest absolute Gasteiger partial charge is 0.374 e. The molecule has 1 heterocycles. The molecule has 1 aliphatic rings. The maximum Gasteiger partial charge on any atom is 0.0395 e. The highest BCUT2D eigenvalue weighted by Crippen LogP contribution is 2.44. The van der Waals surface area contributed by atoms with Crippen molar-refractivity contribution < 1.29 is 0 Å². The lowest BCUT2D eigenvalue weighted by Crippen LogP contribution is -2.34. The van der Waals surface area contributed by atoms with Crippen molar-refractivity contribution in [2.24, 2.45) is 10.8 Å². The summed E-state index contributed by atoms with van der Waals surface area (Å²) in [5.41, 5.74) is 3.09. The van der Waals surface area contributed by atoms with E-state index >= 15 is 0 Å². The van der Waals surface area contributed by atoms with E-state index in [2.05, 4.69) is 52.8 Å². The summed E-state index contributed by atoms with van der Waals surface area (Å²) in [7, 11) is 2.15. The second-order valence-electron chi connectivity index (χ2n) is 6.60. The first kappa shape index (κ1) is 14.1. The molecule has 0 unspecified atom stereocenters. The number of hydrogen-bond donors (Lipinski definition) is 0. The number of likely N-dealkylation sites (N-methyl/N-ethyl adjacent to an activating group) is 1. The van der Waals surface area contributed by atoms with Gasteiger partial charge in [-0.2, -0.15) is 0 Å². The molecule has 0 amide bonds. The molecule has 0 spiro atoms. The highest BCUT2D eigenvalue weighted by atomic mass is 15.1. The predicted molar refractivity (Wildman–Crippen MR) is 76.8 cm³/mol.